The van der Waals surface area contributed by atoms with E-state index in [2.05, 4.69) is 12.2 Å². The highest BCUT2D eigenvalue weighted by molar-refractivity contribution is 5.99. The molecular weight excluding hydrogens is 366 g/mol. The fourth-order valence-corrected chi connectivity index (χ4v) is 3.98. The molecular formula is C24H31NO4. The number of rotatable bonds is 7. The molecule has 0 unspecified atom stereocenters. The molecule has 0 atom stereocenters. The zero-order valence-electron chi connectivity index (χ0n) is 17.8. The zero-order valence-corrected chi connectivity index (χ0v) is 17.8. The summed E-state index contributed by atoms with van der Waals surface area (Å²) in [7, 11) is 1.64. The third-order valence-electron chi connectivity index (χ3n) is 5.59. The molecule has 2 aromatic carbocycles. The Morgan fingerprint density at radius 3 is 2.28 bits per heavy atom. The van der Waals surface area contributed by atoms with E-state index in [1.54, 1.807) is 7.11 Å². The van der Waals surface area contributed by atoms with E-state index in [0.29, 0.717) is 32.7 Å². The second-order valence-corrected chi connectivity index (χ2v) is 7.66. The number of amides is 1. The van der Waals surface area contributed by atoms with Crippen molar-refractivity contribution in [1.82, 2.24) is 0 Å². The van der Waals surface area contributed by atoms with Crippen molar-refractivity contribution in [2.24, 2.45) is 0 Å². The molecule has 1 saturated heterocycles. The number of methoxy groups -OCH3 is 1. The topological polar surface area (TPSA) is 56.8 Å². The van der Waals surface area contributed by atoms with Gasteiger partial charge in [-0.2, -0.15) is 0 Å². The van der Waals surface area contributed by atoms with E-state index >= 15 is 0 Å². The Morgan fingerprint density at radius 2 is 1.72 bits per heavy atom. The van der Waals surface area contributed by atoms with Crippen molar-refractivity contribution in [2.75, 3.05) is 32.2 Å². The molecule has 5 nitrogen and oxygen atoms in total. The highest BCUT2D eigenvalue weighted by atomic mass is 16.5. The van der Waals surface area contributed by atoms with Gasteiger partial charge in [0.15, 0.2) is 0 Å². The third kappa shape index (κ3) is 4.56. The van der Waals surface area contributed by atoms with Crippen LogP contribution in [0.15, 0.2) is 36.4 Å². The molecule has 156 valence electrons. The normalized spacial score (nSPS) is 15.6. The molecule has 2 aromatic rings. The lowest BCUT2D eigenvalue weighted by Crippen LogP contribution is -2.44. The van der Waals surface area contributed by atoms with Crippen LogP contribution in [0.4, 0.5) is 5.69 Å². The first-order valence-corrected chi connectivity index (χ1v) is 10.3. The maximum atomic E-state index is 13.5. The number of benzene rings is 2. The third-order valence-corrected chi connectivity index (χ3v) is 5.59. The number of hydrogen-bond acceptors (Lipinski definition) is 4. The Bertz CT molecular complexity index is 815. The lowest BCUT2D eigenvalue weighted by Gasteiger charge is -2.36. The molecule has 1 N–H and O–H groups in total. The maximum Gasteiger partial charge on any atom is 0.235 e. The highest BCUT2D eigenvalue weighted by Crippen LogP contribution is 2.37. The van der Waals surface area contributed by atoms with Gasteiger partial charge in [0.2, 0.25) is 5.91 Å². The van der Waals surface area contributed by atoms with Crippen LogP contribution < -0.4 is 14.8 Å². The van der Waals surface area contributed by atoms with Crippen LogP contribution in [-0.4, -0.2) is 32.8 Å². The predicted octanol–water partition coefficient (Wildman–Crippen LogP) is 4.79. The van der Waals surface area contributed by atoms with Crippen molar-refractivity contribution in [2.45, 2.75) is 45.4 Å². The minimum atomic E-state index is -0.607. The molecule has 1 amide bonds. The molecule has 0 spiro atoms. The summed E-state index contributed by atoms with van der Waals surface area (Å²) in [6, 6.07) is 11.8. The Labute approximate surface area is 173 Å². The van der Waals surface area contributed by atoms with Crippen molar-refractivity contribution >= 4 is 11.6 Å². The summed E-state index contributed by atoms with van der Waals surface area (Å²) in [4.78, 5) is 13.5. The van der Waals surface area contributed by atoms with Gasteiger partial charge < -0.3 is 19.5 Å². The van der Waals surface area contributed by atoms with Gasteiger partial charge in [0.1, 0.15) is 11.5 Å². The van der Waals surface area contributed by atoms with Crippen LogP contribution in [0.2, 0.25) is 0 Å². The van der Waals surface area contributed by atoms with Crippen LogP contribution in [0.1, 0.15) is 42.9 Å². The fourth-order valence-electron chi connectivity index (χ4n) is 3.98. The van der Waals surface area contributed by atoms with Crippen LogP contribution in [0, 0.1) is 13.8 Å². The Kier molecular flexibility index (Phi) is 6.80. The van der Waals surface area contributed by atoms with Gasteiger partial charge in [-0.25, -0.2) is 0 Å². The van der Waals surface area contributed by atoms with Crippen LogP contribution in [-0.2, 0) is 14.9 Å². The van der Waals surface area contributed by atoms with E-state index in [9.17, 15) is 4.79 Å². The summed E-state index contributed by atoms with van der Waals surface area (Å²) in [5.74, 6) is 1.69. The van der Waals surface area contributed by atoms with E-state index in [-0.39, 0.29) is 5.91 Å². The highest BCUT2D eigenvalue weighted by Gasteiger charge is 2.41. The van der Waals surface area contributed by atoms with Crippen molar-refractivity contribution in [3.8, 4) is 11.5 Å². The van der Waals surface area contributed by atoms with E-state index in [0.717, 1.165) is 40.3 Å². The molecule has 0 aromatic heterocycles. The van der Waals surface area contributed by atoms with Crippen molar-refractivity contribution in [1.29, 1.82) is 0 Å². The van der Waals surface area contributed by atoms with E-state index < -0.39 is 5.41 Å². The molecule has 1 aliphatic rings. The van der Waals surface area contributed by atoms with E-state index in [1.807, 2.05) is 50.2 Å². The average molecular weight is 398 g/mol. The van der Waals surface area contributed by atoms with Crippen LogP contribution in [0.25, 0.3) is 0 Å². The van der Waals surface area contributed by atoms with Crippen molar-refractivity contribution in [3.05, 3.63) is 53.1 Å². The van der Waals surface area contributed by atoms with Gasteiger partial charge >= 0.3 is 0 Å². The van der Waals surface area contributed by atoms with Gasteiger partial charge in [-0.15, -0.1) is 0 Å². The SMILES string of the molecule is CCCOc1c(C)cc(NC(=O)C2(c3ccc(OC)cc3)CCOCC2)cc1C. The van der Waals surface area contributed by atoms with Gasteiger partial charge in [-0.05, 0) is 74.1 Å². The standard InChI is InChI=1S/C24H31NO4/c1-5-12-29-22-17(2)15-20(16-18(22)3)25-23(26)24(10-13-28-14-11-24)19-6-8-21(27-4)9-7-19/h6-9,15-16H,5,10-14H2,1-4H3,(H,25,26). The summed E-state index contributed by atoms with van der Waals surface area (Å²) in [5.41, 5.74) is 3.24. The lowest BCUT2D eigenvalue weighted by molar-refractivity contribution is -0.125. The molecule has 29 heavy (non-hydrogen) atoms. The molecule has 1 fully saturated rings. The Morgan fingerprint density at radius 1 is 1.10 bits per heavy atom. The smallest absolute Gasteiger partial charge is 0.235 e. The second-order valence-electron chi connectivity index (χ2n) is 7.66. The quantitative estimate of drug-likeness (QED) is 0.730. The molecule has 1 aliphatic heterocycles. The average Bonchev–Trinajstić information content (AvgIpc) is 2.73. The summed E-state index contributed by atoms with van der Waals surface area (Å²) in [6.07, 6.45) is 2.27. The van der Waals surface area contributed by atoms with Crippen molar-refractivity contribution < 1.29 is 19.0 Å². The molecule has 0 radical (unpaired) electrons. The van der Waals surface area contributed by atoms with Crippen LogP contribution in [0.3, 0.4) is 0 Å². The minimum absolute atomic E-state index is 0.00648. The predicted molar refractivity (Wildman–Crippen MR) is 115 cm³/mol. The lowest BCUT2D eigenvalue weighted by atomic mass is 9.73. The number of carbonyl (C=O) groups is 1. The monoisotopic (exact) mass is 397 g/mol. The van der Waals surface area contributed by atoms with Gasteiger partial charge in [0.25, 0.3) is 0 Å². The molecule has 0 aliphatic carbocycles. The molecule has 0 saturated carbocycles. The number of ether oxygens (including phenoxy) is 3. The molecule has 3 rings (SSSR count). The fraction of sp³-hybridized carbons (Fsp3) is 0.458. The van der Waals surface area contributed by atoms with E-state index in [1.165, 1.54) is 0 Å². The Hall–Kier alpha value is -2.53. The molecule has 1 heterocycles. The first-order chi connectivity index (χ1) is 14.0. The number of hydrogen-bond donors (Lipinski definition) is 1. The van der Waals surface area contributed by atoms with E-state index in [4.69, 9.17) is 14.2 Å². The molecule has 5 heteroatoms. The minimum Gasteiger partial charge on any atom is -0.497 e. The van der Waals surface area contributed by atoms with Gasteiger partial charge in [-0.1, -0.05) is 19.1 Å². The summed E-state index contributed by atoms with van der Waals surface area (Å²) < 4.78 is 16.7. The molecule has 0 bridgehead atoms. The summed E-state index contributed by atoms with van der Waals surface area (Å²) >= 11 is 0. The van der Waals surface area contributed by atoms with Crippen LogP contribution >= 0.6 is 0 Å². The number of nitrogens with one attached hydrogen (secondary N) is 1. The Balaban J connectivity index is 1.87. The number of aryl methyl sites for hydroxylation is 2. The first kappa shape index (κ1) is 21.2. The van der Waals surface area contributed by atoms with Gasteiger partial charge in [-0.3, -0.25) is 4.79 Å². The first-order valence-electron chi connectivity index (χ1n) is 10.3. The van der Waals surface area contributed by atoms with Crippen LogP contribution in [0.5, 0.6) is 11.5 Å². The van der Waals surface area contributed by atoms with Gasteiger partial charge in [0, 0.05) is 18.9 Å². The summed E-state index contributed by atoms with van der Waals surface area (Å²) in [5, 5.41) is 3.16. The number of carbonyl (C=O) groups excluding carboxylic acids is 1. The maximum absolute atomic E-state index is 13.5. The number of anilines is 1. The second kappa shape index (κ2) is 9.31. The summed E-state index contributed by atoms with van der Waals surface area (Å²) in [6.45, 7) is 7.95. The van der Waals surface area contributed by atoms with Gasteiger partial charge in [0.05, 0.1) is 19.1 Å². The zero-order chi connectivity index (χ0) is 20.9. The largest absolute Gasteiger partial charge is 0.497 e. The van der Waals surface area contributed by atoms with Crippen molar-refractivity contribution in [3.63, 3.8) is 0 Å².